The number of nitrogens with one attached hydrogen (secondary N) is 2. The van der Waals surface area contributed by atoms with E-state index in [0.717, 1.165) is 49.8 Å². The van der Waals surface area contributed by atoms with Crippen molar-refractivity contribution in [2.75, 3.05) is 19.6 Å². The topological polar surface area (TPSA) is 41.1 Å². The molecule has 0 aromatic heterocycles. The van der Waals surface area contributed by atoms with Crippen LogP contribution in [0.3, 0.4) is 0 Å². The summed E-state index contributed by atoms with van der Waals surface area (Å²) < 4.78 is 1.16. The first-order valence-corrected chi connectivity index (χ1v) is 8.59. The Labute approximate surface area is 147 Å². The SMILES string of the molecule is CC1(C(=O)NCC2(c3ccccc3Br)CC2)CCNCC1.Cl. The molecule has 1 heterocycles. The van der Waals surface area contributed by atoms with E-state index >= 15 is 0 Å². The Morgan fingerprint density at radius 3 is 2.45 bits per heavy atom. The van der Waals surface area contributed by atoms with E-state index in [1.165, 1.54) is 5.56 Å². The van der Waals surface area contributed by atoms with Gasteiger partial charge >= 0.3 is 0 Å². The fourth-order valence-electron chi connectivity index (χ4n) is 3.25. The molecule has 3 rings (SSSR count). The van der Waals surface area contributed by atoms with Crippen molar-refractivity contribution < 1.29 is 4.79 Å². The summed E-state index contributed by atoms with van der Waals surface area (Å²) in [7, 11) is 0. The molecule has 1 amide bonds. The molecule has 1 aliphatic heterocycles. The maximum Gasteiger partial charge on any atom is 0.226 e. The number of carbonyl (C=O) groups is 1. The predicted octanol–water partition coefficient (Wildman–Crippen LogP) is 3.41. The summed E-state index contributed by atoms with van der Waals surface area (Å²) >= 11 is 3.65. The third-order valence-corrected chi connectivity index (χ3v) is 5.83. The molecule has 1 saturated carbocycles. The molecule has 3 nitrogen and oxygen atoms in total. The number of piperidine rings is 1. The van der Waals surface area contributed by atoms with Gasteiger partial charge in [-0.15, -0.1) is 12.4 Å². The normalized spacial score (nSPS) is 21.5. The van der Waals surface area contributed by atoms with Gasteiger partial charge in [0, 0.05) is 21.8 Å². The minimum atomic E-state index is -0.199. The summed E-state index contributed by atoms with van der Waals surface area (Å²) in [6.07, 6.45) is 4.18. The summed E-state index contributed by atoms with van der Waals surface area (Å²) in [6.45, 7) is 4.75. The molecule has 1 saturated heterocycles. The molecule has 1 aromatic carbocycles. The molecule has 0 spiro atoms. The Kier molecular flexibility index (Phi) is 5.57. The largest absolute Gasteiger partial charge is 0.355 e. The molecule has 2 fully saturated rings. The Bertz CT molecular complexity index is 539. The maximum absolute atomic E-state index is 12.6. The molecule has 0 atom stereocenters. The van der Waals surface area contributed by atoms with Crippen LogP contribution in [0.1, 0.15) is 38.2 Å². The first-order valence-electron chi connectivity index (χ1n) is 7.80. The summed E-state index contributed by atoms with van der Waals surface area (Å²) in [5.74, 6) is 0.224. The van der Waals surface area contributed by atoms with Crippen molar-refractivity contribution in [1.82, 2.24) is 10.6 Å². The van der Waals surface area contributed by atoms with E-state index in [0.29, 0.717) is 0 Å². The minimum absolute atomic E-state index is 0. The Balaban J connectivity index is 0.00000176. The molecular weight excluding hydrogens is 364 g/mol. The Hall–Kier alpha value is -0.580. The highest BCUT2D eigenvalue weighted by molar-refractivity contribution is 9.10. The highest BCUT2D eigenvalue weighted by Gasteiger charge is 2.46. The van der Waals surface area contributed by atoms with Crippen molar-refractivity contribution in [1.29, 1.82) is 0 Å². The number of hydrogen-bond donors (Lipinski definition) is 2. The average Bonchev–Trinajstić information content (AvgIpc) is 3.27. The monoisotopic (exact) mass is 386 g/mol. The van der Waals surface area contributed by atoms with Crippen LogP contribution in [0.25, 0.3) is 0 Å². The number of rotatable bonds is 4. The first kappa shape index (κ1) is 17.8. The molecule has 0 unspecified atom stereocenters. The molecule has 22 heavy (non-hydrogen) atoms. The number of halogens is 2. The molecule has 2 aliphatic rings. The van der Waals surface area contributed by atoms with Gasteiger partial charge < -0.3 is 10.6 Å². The van der Waals surface area contributed by atoms with Crippen molar-refractivity contribution in [3.63, 3.8) is 0 Å². The third kappa shape index (κ3) is 3.50. The molecule has 5 heteroatoms. The lowest BCUT2D eigenvalue weighted by Gasteiger charge is -2.33. The standard InChI is InChI=1S/C17H23BrN2O.ClH/c1-16(8-10-19-11-9-16)15(21)20-12-17(6-7-17)13-4-2-3-5-14(13)18;/h2-5,19H,6-12H2,1H3,(H,20,21);1H. The highest BCUT2D eigenvalue weighted by Crippen LogP contribution is 2.50. The molecule has 2 N–H and O–H groups in total. The number of hydrogen-bond acceptors (Lipinski definition) is 2. The quantitative estimate of drug-likeness (QED) is 0.831. The lowest BCUT2D eigenvalue weighted by molar-refractivity contribution is -0.131. The lowest BCUT2D eigenvalue weighted by atomic mass is 9.80. The molecule has 122 valence electrons. The van der Waals surface area contributed by atoms with Gasteiger partial charge in [-0.1, -0.05) is 41.1 Å². The molecule has 0 radical (unpaired) electrons. The van der Waals surface area contributed by atoms with Crippen molar-refractivity contribution in [3.05, 3.63) is 34.3 Å². The Morgan fingerprint density at radius 2 is 1.86 bits per heavy atom. The van der Waals surface area contributed by atoms with Gasteiger partial charge in [-0.25, -0.2) is 0 Å². The van der Waals surface area contributed by atoms with Crippen LogP contribution in [0.2, 0.25) is 0 Å². The van der Waals surface area contributed by atoms with Gasteiger partial charge in [-0.05, 0) is 50.4 Å². The summed E-state index contributed by atoms with van der Waals surface area (Å²) in [4.78, 5) is 12.6. The summed E-state index contributed by atoms with van der Waals surface area (Å²) in [5, 5.41) is 6.56. The number of amides is 1. The van der Waals surface area contributed by atoms with Gasteiger partial charge in [-0.3, -0.25) is 4.79 Å². The second-order valence-corrected chi connectivity index (χ2v) is 7.61. The third-order valence-electron chi connectivity index (χ3n) is 5.14. The second-order valence-electron chi connectivity index (χ2n) is 6.75. The lowest BCUT2D eigenvalue weighted by Crippen LogP contribution is -2.47. The van der Waals surface area contributed by atoms with Gasteiger partial charge in [0.2, 0.25) is 5.91 Å². The van der Waals surface area contributed by atoms with Crippen molar-refractivity contribution in [2.45, 2.75) is 38.0 Å². The first-order chi connectivity index (χ1) is 10.1. The van der Waals surface area contributed by atoms with E-state index in [1.54, 1.807) is 0 Å². The van der Waals surface area contributed by atoms with Gasteiger partial charge in [0.25, 0.3) is 0 Å². The summed E-state index contributed by atoms with van der Waals surface area (Å²) in [6, 6.07) is 8.38. The predicted molar refractivity (Wildman–Crippen MR) is 95.5 cm³/mol. The smallest absolute Gasteiger partial charge is 0.226 e. The number of benzene rings is 1. The van der Waals surface area contributed by atoms with Crippen LogP contribution in [0, 0.1) is 5.41 Å². The minimum Gasteiger partial charge on any atom is -0.355 e. The fraction of sp³-hybridized carbons (Fsp3) is 0.588. The van der Waals surface area contributed by atoms with Crippen LogP contribution in [0.5, 0.6) is 0 Å². The van der Waals surface area contributed by atoms with Gasteiger partial charge in [0.1, 0.15) is 0 Å². The van der Waals surface area contributed by atoms with E-state index in [1.807, 2.05) is 6.07 Å². The molecule has 0 bridgehead atoms. The van der Waals surface area contributed by atoms with E-state index in [-0.39, 0.29) is 29.1 Å². The number of carbonyl (C=O) groups excluding carboxylic acids is 1. The van der Waals surface area contributed by atoms with Gasteiger partial charge in [0.05, 0.1) is 0 Å². The van der Waals surface area contributed by atoms with Crippen LogP contribution >= 0.6 is 28.3 Å². The molecule has 1 aromatic rings. The van der Waals surface area contributed by atoms with E-state index < -0.39 is 0 Å². The second kappa shape index (κ2) is 6.90. The van der Waals surface area contributed by atoms with E-state index in [2.05, 4.69) is 51.7 Å². The zero-order valence-corrected chi connectivity index (χ0v) is 15.4. The highest BCUT2D eigenvalue weighted by atomic mass is 79.9. The molecule has 1 aliphatic carbocycles. The average molecular weight is 388 g/mol. The van der Waals surface area contributed by atoms with Crippen LogP contribution in [0.15, 0.2) is 28.7 Å². The maximum atomic E-state index is 12.6. The summed E-state index contributed by atoms with van der Waals surface area (Å²) in [5.41, 5.74) is 1.29. The van der Waals surface area contributed by atoms with Crippen LogP contribution < -0.4 is 10.6 Å². The van der Waals surface area contributed by atoms with Gasteiger partial charge in [0.15, 0.2) is 0 Å². The zero-order valence-electron chi connectivity index (χ0n) is 13.0. The van der Waals surface area contributed by atoms with Crippen molar-refractivity contribution in [2.24, 2.45) is 5.41 Å². The van der Waals surface area contributed by atoms with Crippen LogP contribution in [-0.2, 0) is 10.2 Å². The Morgan fingerprint density at radius 1 is 1.23 bits per heavy atom. The van der Waals surface area contributed by atoms with E-state index in [4.69, 9.17) is 0 Å². The molecular formula is C17H24BrClN2O. The zero-order chi connectivity index (χ0) is 14.9. The fourth-order valence-corrected chi connectivity index (χ4v) is 3.96. The van der Waals surface area contributed by atoms with Crippen molar-refractivity contribution in [3.8, 4) is 0 Å². The van der Waals surface area contributed by atoms with Crippen molar-refractivity contribution >= 4 is 34.2 Å². The van der Waals surface area contributed by atoms with Crippen LogP contribution in [-0.4, -0.2) is 25.5 Å². The van der Waals surface area contributed by atoms with Crippen LogP contribution in [0.4, 0.5) is 0 Å². The van der Waals surface area contributed by atoms with E-state index in [9.17, 15) is 4.79 Å². The van der Waals surface area contributed by atoms with Gasteiger partial charge in [-0.2, -0.15) is 0 Å².